The summed E-state index contributed by atoms with van der Waals surface area (Å²) in [5.41, 5.74) is 0. The molecule has 0 unspecified atom stereocenters. The van der Waals surface area contributed by atoms with Gasteiger partial charge in [0.05, 0.1) is 12.3 Å². The van der Waals surface area contributed by atoms with Gasteiger partial charge in [-0.1, -0.05) is 31.2 Å². The molecule has 1 aliphatic rings. The molecule has 0 aromatic heterocycles. The number of allylic oxidation sites excluding steroid dienone is 4. The Kier molecular flexibility index (Phi) is 2.97. The maximum atomic E-state index is 11.3. The molecule has 0 amide bonds. The first-order valence-corrected chi connectivity index (χ1v) is 4.13. The van der Waals surface area contributed by atoms with Crippen LogP contribution in [-0.4, -0.2) is 11.6 Å². The second kappa shape index (κ2) is 4.00. The molecular formula is C10H12O2. The second-order valence-corrected chi connectivity index (χ2v) is 2.83. The maximum absolute atomic E-state index is 11.3. The van der Waals surface area contributed by atoms with E-state index in [1.54, 1.807) is 6.92 Å². The molecule has 0 spiro atoms. The van der Waals surface area contributed by atoms with Crippen molar-refractivity contribution < 1.29 is 9.59 Å². The van der Waals surface area contributed by atoms with Crippen molar-refractivity contribution in [3.05, 3.63) is 24.3 Å². The van der Waals surface area contributed by atoms with Gasteiger partial charge >= 0.3 is 0 Å². The minimum Gasteiger partial charge on any atom is -0.299 e. The molecule has 0 heterocycles. The fourth-order valence-corrected chi connectivity index (χ4v) is 1.08. The molecule has 0 radical (unpaired) electrons. The Bertz CT molecular complexity index is 237. The van der Waals surface area contributed by atoms with Gasteiger partial charge < -0.3 is 0 Å². The Labute approximate surface area is 72.0 Å². The highest BCUT2D eigenvalue weighted by Gasteiger charge is 2.16. The summed E-state index contributed by atoms with van der Waals surface area (Å²) >= 11 is 0. The van der Waals surface area contributed by atoms with Crippen molar-refractivity contribution in [2.45, 2.75) is 19.8 Å². The van der Waals surface area contributed by atoms with Gasteiger partial charge in [-0.25, -0.2) is 0 Å². The Hall–Kier alpha value is -1.18. The fourth-order valence-electron chi connectivity index (χ4n) is 1.08. The first-order chi connectivity index (χ1) is 5.74. The van der Waals surface area contributed by atoms with E-state index >= 15 is 0 Å². The van der Waals surface area contributed by atoms with Gasteiger partial charge in [-0.15, -0.1) is 0 Å². The molecule has 64 valence electrons. The van der Waals surface area contributed by atoms with E-state index < -0.39 is 0 Å². The number of rotatable bonds is 4. The zero-order chi connectivity index (χ0) is 8.97. The van der Waals surface area contributed by atoms with Crippen LogP contribution in [0.5, 0.6) is 0 Å². The van der Waals surface area contributed by atoms with Gasteiger partial charge in [0.1, 0.15) is 5.78 Å². The molecule has 12 heavy (non-hydrogen) atoms. The van der Waals surface area contributed by atoms with Gasteiger partial charge in [0.2, 0.25) is 0 Å². The van der Waals surface area contributed by atoms with Crippen LogP contribution < -0.4 is 0 Å². The monoisotopic (exact) mass is 164 g/mol. The fraction of sp³-hybridized carbons (Fsp3) is 0.400. The smallest absolute Gasteiger partial charge is 0.150 e. The molecule has 0 N–H and O–H groups in total. The highest BCUT2D eigenvalue weighted by atomic mass is 16.1. The first-order valence-electron chi connectivity index (χ1n) is 4.13. The molecule has 0 bridgehead atoms. The SMILES string of the molecule is CCC(=O)CC(=O)C1C=CC=C1. The molecule has 1 aliphatic carbocycles. The number of carbonyl (C=O) groups excluding carboxylic acids is 2. The van der Waals surface area contributed by atoms with E-state index in [0.29, 0.717) is 6.42 Å². The van der Waals surface area contributed by atoms with Crippen molar-refractivity contribution in [1.29, 1.82) is 0 Å². The summed E-state index contributed by atoms with van der Waals surface area (Å²) in [5, 5.41) is 0. The minimum absolute atomic E-state index is 0.00634. The van der Waals surface area contributed by atoms with E-state index in [1.165, 1.54) is 0 Å². The third-order valence-corrected chi connectivity index (χ3v) is 1.89. The summed E-state index contributed by atoms with van der Waals surface area (Å²) in [5.74, 6) is -0.124. The summed E-state index contributed by atoms with van der Waals surface area (Å²) < 4.78 is 0. The van der Waals surface area contributed by atoms with Crippen LogP contribution in [0.25, 0.3) is 0 Å². The van der Waals surface area contributed by atoms with Crippen molar-refractivity contribution in [3.63, 3.8) is 0 Å². The Morgan fingerprint density at radius 1 is 1.25 bits per heavy atom. The average molecular weight is 164 g/mol. The van der Waals surface area contributed by atoms with E-state index in [9.17, 15) is 9.59 Å². The van der Waals surface area contributed by atoms with E-state index in [-0.39, 0.29) is 23.9 Å². The standard InChI is InChI=1S/C10H12O2/c1-2-9(11)7-10(12)8-5-3-4-6-8/h3-6,8H,2,7H2,1H3. The average Bonchev–Trinajstić information content (AvgIpc) is 2.56. The van der Waals surface area contributed by atoms with Crippen LogP contribution in [0.1, 0.15) is 19.8 Å². The molecule has 0 aliphatic heterocycles. The zero-order valence-electron chi connectivity index (χ0n) is 7.12. The molecular weight excluding hydrogens is 152 g/mol. The van der Waals surface area contributed by atoms with Gasteiger partial charge in [-0.3, -0.25) is 9.59 Å². The van der Waals surface area contributed by atoms with E-state index in [2.05, 4.69) is 0 Å². The number of ketones is 2. The lowest BCUT2D eigenvalue weighted by Gasteiger charge is -2.01. The molecule has 2 nitrogen and oxygen atoms in total. The predicted molar refractivity (Wildman–Crippen MR) is 46.7 cm³/mol. The molecule has 0 atom stereocenters. The van der Waals surface area contributed by atoms with Crippen molar-refractivity contribution >= 4 is 11.6 Å². The van der Waals surface area contributed by atoms with Crippen LogP contribution in [0.2, 0.25) is 0 Å². The molecule has 2 heteroatoms. The van der Waals surface area contributed by atoms with Crippen LogP contribution >= 0.6 is 0 Å². The lowest BCUT2D eigenvalue weighted by atomic mass is 10.0. The topological polar surface area (TPSA) is 34.1 Å². The minimum atomic E-state index is -0.152. The number of hydrogen-bond donors (Lipinski definition) is 0. The van der Waals surface area contributed by atoms with Gasteiger partial charge in [-0.05, 0) is 0 Å². The van der Waals surface area contributed by atoms with Crippen LogP contribution in [0.3, 0.4) is 0 Å². The van der Waals surface area contributed by atoms with Crippen LogP contribution in [0, 0.1) is 5.92 Å². The molecule has 1 rings (SSSR count). The normalized spacial score (nSPS) is 15.4. The number of Topliss-reactive ketones (excluding diaryl/α,β-unsaturated/α-hetero) is 2. The Morgan fingerprint density at radius 2 is 1.83 bits per heavy atom. The third kappa shape index (κ3) is 2.16. The molecule has 0 saturated heterocycles. The van der Waals surface area contributed by atoms with Crippen molar-refractivity contribution in [2.75, 3.05) is 0 Å². The second-order valence-electron chi connectivity index (χ2n) is 2.83. The van der Waals surface area contributed by atoms with Gasteiger partial charge in [0.25, 0.3) is 0 Å². The van der Waals surface area contributed by atoms with Crippen LogP contribution in [0.4, 0.5) is 0 Å². The lowest BCUT2D eigenvalue weighted by Crippen LogP contribution is -2.13. The summed E-state index contributed by atoms with van der Waals surface area (Å²) in [7, 11) is 0. The lowest BCUT2D eigenvalue weighted by molar-refractivity contribution is -0.127. The first kappa shape index (κ1) is 8.91. The van der Waals surface area contributed by atoms with Crippen molar-refractivity contribution in [1.82, 2.24) is 0 Å². The van der Waals surface area contributed by atoms with E-state index in [1.807, 2.05) is 24.3 Å². The quantitative estimate of drug-likeness (QED) is 0.592. The summed E-state index contributed by atoms with van der Waals surface area (Å²) in [6, 6.07) is 0. The summed E-state index contributed by atoms with van der Waals surface area (Å²) in [6.45, 7) is 1.77. The molecule has 0 aromatic rings. The van der Waals surface area contributed by atoms with Crippen molar-refractivity contribution in [2.24, 2.45) is 5.92 Å². The zero-order valence-corrected chi connectivity index (χ0v) is 7.12. The van der Waals surface area contributed by atoms with Gasteiger partial charge in [0.15, 0.2) is 5.78 Å². The van der Waals surface area contributed by atoms with Gasteiger partial charge in [-0.2, -0.15) is 0 Å². The maximum Gasteiger partial charge on any atom is 0.150 e. The van der Waals surface area contributed by atoms with E-state index in [4.69, 9.17) is 0 Å². The molecule has 0 fully saturated rings. The molecule has 0 aromatic carbocycles. The van der Waals surface area contributed by atoms with Crippen LogP contribution in [-0.2, 0) is 9.59 Å². The highest BCUT2D eigenvalue weighted by molar-refractivity contribution is 6.01. The number of carbonyl (C=O) groups is 2. The van der Waals surface area contributed by atoms with Crippen LogP contribution in [0.15, 0.2) is 24.3 Å². The van der Waals surface area contributed by atoms with Crippen molar-refractivity contribution in [3.8, 4) is 0 Å². The summed E-state index contributed by atoms with van der Waals surface area (Å²) in [4.78, 5) is 22.2. The summed E-state index contributed by atoms with van der Waals surface area (Å²) in [6.07, 6.45) is 7.82. The predicted octanol–water partition coefficient (Wildman–Crippen LogP) is 1.67. The Balaban J connectivity index is 2.43. The van der Waals surface area contributed by atoms with E-state index in [0.717, 1.165) is 0 Å². The number of hydrogen-bond acceptors (Lipinski definition) is 2. The van der Waals surface area contributed by atoms with Gasteiger partial charge in [0, 0.05) is 6.42 Å². The third-order valence-electron chi connectivity index (χ3n) is 1.89. The highest BCUT2D eigenvalue weighted by Crippen LogP contribution is 2.12. The largest absolute Gasteiger partial charge is 0.299 e. The molecule has 0 saturated carbocycles. The Morgan fingerprint density at radius 3 is 2.33 bits per heavy atom.